The second-order valence-electron chi connectivity index (χ2n) is 7.42. The minimum atomic E-state index is -0.411. The van der Waals surface area contributed by atoms with Crippen LogP contribution in [-0.2, 0) is 4.79 Å². The Morgan fingerprint density at radius 1 is 0.759 bits per heavy atom. The number of amides is 2. The van der Waals surface area contributed by atoms with Crippen LogP contribution in [0.4, 0.5) is 5.69 Å². The van der Waals surface area contributed by atoms with Crippen LogP contribution in [0.25, 0.3) is 0 Å². The van der Waals surface area contributed by atoms with Crippen molar-refractivity contribution in [2.45, 2.75) is 19.8 Å². The smallest absolute Gasteiger partial charge is 0.251 e. The summed E-state index contributed by atoms with van der Waals surface area (Å²) < 4.78 is 0. The number of nitrogens with one attached hydrogen (secondary N) is 2. The van der Waals surface area contributed by atoms with Gasteiger partial charge in [0.05, 0.1) is 5.92 Å². The lowest BCUT2D eigenvalue weighted by atomic mass is 9.90. The van der Waals surface area contributed by atoms with E-state index in [4.69, 9.17) is 0 Å². The number of hydrogen-bond acceptors (Lipinski definition) is 2. The number of rotatable bonds is 7. The third kappa shape index (κ3) is 5.55. The summed E-state index contributed by atoms with van der Waals surface area (Å²) in [5.41, 5.74) is 3.10. The van der Waals surface area contributed by atoms with Gasteiger partial charge in [-0.15, -0.1) is 0 Å². The molecule has 29 heavy (non-hydrogen) atoms. The zero-order chi connectivity index (χ0) is 20.6. The van der Waals surface area contributed by atoms with Gasteiger partial charge in [0.2, 0.25) is 5.91 Å². The van der Waals surface area contributed by atoms with E-state index in [1.54, 1.807) is 24.3 Å². The van der Waals surface area contributed by atoms with Crippen molar-refractivity contribution in [1.82, 2.24) is 5.32 Å². The maximum absolute atomic E-state index is 13.1. The molecule has 0 radical (unpaired) electrons. The molecule has 3 aromatic carbocycles. The molecule has 0 unspecified atom stereocenters. The van der Waals surface area contributed by atoms with Crippen molar-refractivity contribution in [3.05, 3.63) is 102 Å². The first-order valence-corrected chi connectivity index (χ1v) is 9.83. The first-order valence-electron chi connectivity index (χ1n) is 9.83. The Bertz CT molecular complexity index is 896. The molecule has 0 spiro atoms. The van der Waals surface area contributed by atoms with Crippen molar-refractivity contribution < 1.29 is 9.59 Å². The van der Waals surface area contributed by atoms with Crippen LogP contribution in [0.1, 0.15) is 41.3 Å². The molecule has 4 heteroatoms. The molecule has 2 N–H and O–H groups in total. The van der Waals surface area contributed by atoms with Gasteiger partial charge in [0.15, 0.2) is 0 Å². The molecule has 4 nitrogen and oxygen atoms in total. The quantitative estimate of drug-likeness (QED) is 0.610. The number of hydrogen-bond donors (Lipinski definition) is 2. The molecule has 0 saturated heterocycles. The molecule has 2 amide bonds. The average molecular weight is 386 g/mol. The number of carbonyl (C=O) groups is 2. The lowest BCUT2D eigenvalue weighted by Crippen LogP contribution is -2.27. The van der Waals surface area contributed by atoms with E-state index in [0.29, 0.717) is 23.7 Å². The highest BCUT2D eigenvalue weighted by molar-refractivity contribution is 5.99. The molecule has 148 valence electrons. The standard InChI is InChI=1S/C25H26N2O2/c1-18(2)17-26-24(28)21-13-15-22(16-14-21)27-25(29)23(19-9-5-3-6-10-19)20-11-7-4-8-12-20/h3-16,18,23H,17H2,1-2H3,(H,26,28)(H,27,29). The van der Waals surface area contributed by atoms with Gasteiger partial charge in [-0.2, -0.15) is 0 Å². The van der Waals surface area contributed by atoms with E-state index < -0.39 is 5.92 Å². The maximum Gasteiger partial charge on any atom is 0.251 e. The molecule has 0 aliphatic carbocycles. The topological polar surface area (TPSA) is 58.2 Å². The summed E-state index contributed by atoms with van der Waals surface area (Å²) in [6, 6.07) is 26.4. The SMILES string of the molecule is CC(C)CNC(=O)c1ccc(NC(=O)C(c2ccccc2)c2ccccc2)cc1. The van der Waals surface area contributed by atoms with Crippen LogP contribution in [0.15, 0.2) is 84.9 Å². The molecule has 0 bridgehead atoms. The zero-order valence-corrected chi connectivity index (χ0v) is 16.8. The number of anilines is 1. The molecule has 0 saturated carbocycles. The molecule has 0 aliphatic heterocycles. The summed E-state index contributed by atoms with van der Waals surface area (Å²) in [5.74, 6) is -0.237. The van der Waals surface area contributed by atoms with Crippen molar-refractivity contribution in [2.24, 2.45) is 5.92 Å². The monoisotopic (exact) mass is 386 g/mol. The summed E-state index contributed by atoms with van der Waals surface area (Å²) in [4.78, 5) is 25.3. The average Bonchev–Trinajstić information content (AvgIpc) is 2.74. The van der Waals surface area contributed by atoms with Gasteiger partial charge in [0.1, 0.15) is 0 Å². The minimum Gasteiger partial charge on any atom is -0.352 e. The van der Waals surface area contributed by atoms with Crippen LogP contribution in [0.3, 0.4) is 0 Å². The Kier molecular flexibility index (Phi) is 6.80. The highest BCUT2D eigenvalue weighted by atomic mass is 16.2. The summed E-state index contributed by atoms with van der Waals surface area (Å²) >= 11 is 0. The summed E-state index contributed by atoms with van der Waals surface area (Å²) in [5, 5.41) is 5.88. The first-order chi connectivity index (χ1) is 14.0. The number of carbonyl (C=O) groups excluding carboxylic acids is 2. The van der Waals surface area contributed by atoms with Crippen LogP contribution < -0.4 is 10.6 Å². The van der Waals surface area contributed by atoms with Gasteiger partial charge in [0, 0.05) is 17.8 Å². The van der Waals surface area contributed by atoms with Crippen LogP contribution >= 0.6 is 0 Å². The highest BCUT2D eigenvalue weighted by Gasteiger charge is 2.22. The third-order valence-electron chi connectivity index (χ3n) is 4.61. The van der Waals surface area contributed by atoms with E-state index in [1.807, 2.05) is 60.7 Å². The van der Waals surface area contributed by atoms with Crippen molar-refractivity contribution >= 4 is 17.5 Å². The van der Waals surface area contributed by atoms with Crippen LogP contribution in [-0.4, -0.2) is 18.4 Å². The molecule has 3 rings (SSSR count). The Balaban J connectivity index is 1.75. The van der Waals surface area contributed by atoms with Crippen molar-refractivity contribution in [3.63, 3.8) is 0 Å². The van der Waals surface area contributed by atoms with Gasteiger partial charge in [0.25, 0.3) is 5.91 Å². The van der Waals surface area contributed by atoms with Crippen LogP contribution in [0, 0.1) is 5.92 Å². The lowest BCUT2D eigenvalue weighted by Gasteiger charge is -2.18. The largest absolute Gasteiger partial charge is 0.352 e. The Morgan fingerprint density at radius 3 is 1.76 bits per heavy atom. The normalized spacial score (nSPS) is 10.8. The van der Waals surface area contributed by atoms with E-state index in [0.717, 1.165) is 11.1 Å². The fourth-order valence-electron chi connectivity index (χ4n) is 3.10. The molecule has 0 aliphatic rings. The van der Waals surface area contributed by atoms with E-state index in [9.17, 15) is 9.59 Å². The van der Waals surface area contributed by atoms with Gasteiger partial charge in [-0.05, 0) is 41.3 Å². The minimum absolute atomic E-state index is 0.108. The van der Waals surface area contributed by atoms with E-state index >= 15 is 0 Å². The molecule has 0 fully saturated rings. The Morgan fingerprint density at radius 2 is 1.28 bits per heavy atom. The third-order valence-corrected chi connectivity index (χ3v) is 4.61. The van der Waals surface area contributed by atoms with Crippen molar-refractivity contribution in [3.8, 4) is 0 Å². The maximum atomic E-state index is 13.1. The lowest BCUT2D eigenvalue weighted by molar-refractivity contribution is -0.116. The van der Waals surface area contributed by atoms with E-state index in [1.165, 1.54) is 0 Å². The highest BCUT2D eigenvalue weighted by Crippen LogP contribution is 2.26. The molecule has 0 atom stereocenters. The second-order valence-corrected chi connectivity index (χ2v) is 7.42. The van der Waals surface area contributed by atoms with Gasteiger partial charge >= 0.3 is 0 Å². The molecule has 0 heterocycles. The van der Waals surface area contributed by atoms with Gasteiger partial charge in [-0.25, -0.2) is 0 Å². The predicted octanol–water partition coefficient (Wildman–Crippen LogP) is 4.84. The van der Waals surface area contributed by atoms with E-state index in [-0.39, 0.29) is 11.8 Å². The van der Waals surface area contributed by atoms with Crippen molar-refractivity contribution in [2.75, 3.05) is 11.9 Å². The summed E-state index contributed by atoms with van der Waals surface area (Å²) in [7, 11) is 0. The van der Waals surface area contributed by atoms with Crippen molar-refractivity contribution in [1.29, 1.82) is 0 Å². The molecular weight excluding hydrogens is 360 g/mol. The Hall–Kier alpha value is -3.40. The van der Waals surface area contributed by atoms with Gasteiger partial charge < -0.3 is 10.6 Å². The molecule has 3 aromatic rings. The summed E-state index contributed by atoms with van der Waals surface area (Å²) in [6.07, 6.45) is 0. The van der Waals surface area contributed by atoms with E-state index in [2.05, 4.69) is 24.5 Å². The Labute approximate surface area is 172 Å². The number of benzene rings is 3. The fraction of sp³-hybridized carbons (Fsp3) is 0.200. The zero-order valence-electron chi connectivity index (χ0n) is 16.8. The second kappa shape index (κ2) is 9.69. The van der Waals surface area contributed by atoms with Gasteiger partial charge in [-0.1, -0.05) is 74.5 Å². The fourth-order valence-corrected chi connectivity index (χ4v) is 3.10. The summed E-state index contributed by atoms with van der Waals surface area (Å²) in [6.45, 7) is 4.73. The predicted molar refractivity (Wildman–Crippen MR) is 117 cm³/mol. The first kappa shape index (κ1) is 20.3. The van der Waals surface area contributed by atoms with Gasteiger partial charge in [-0.3, -0.25) is 9.59 Å². The molecular formula is C25H26N2O2. The molecule has 0 aromatic heterocycles. The van der Waals surface area contributed by atoms with Crippen LogP contribution in [0.2, 0.25) is 0 Å². The van der Waals surface area contributed by atoms with Crippen LogP contribution in [0.5, 0.6) is 0 Å².